The molecule has 2 aromatic rings. The molecular weight excluding hydrogens is 260 g/mol. The molecule has 108 valence electrons. The molecule has 0 bridgehead atoms. The van der Waals surface area contributed by atoms with Crippen molar-refractivity contribution in [3.05, 3.63) is 59.7 Å². The van der Waals surface area contributed by atoms with E-state index in [1.54, 1.807) is 0 Å². The van der Waals surface area contributed by atoms with E-state index in [2.05, 4.69) is 17.6 Å². The molecule has 2 atom stereocenters. The third-order valence-electron chi connectivity index (χ3n) is 3.93. The van der Waals surface area contributed by atoms with Gasteiger partial charge in [0.25, 0.3) is 0 Å². The molecule has 0 spiro atoms. The van der Waals surface area contributed by atoms with Gasteiger partial charge in [-0.3, -0.25) is 4.79 Å². The molecule has 3 nitrogen and oxygen atoms in total. The lowest BCUT2D eigenvalue weighted by molar-refractivity contribution is -0.117. The molecule has 1 amide bonds. The summed E-state index contributed by atoms with van der Waals surface area (Å²) >= 11 is 0. The predicted molar refractivity (Wildman–Crippen MR) is 86.7 cm³/mol. The van der Waals surface area contributed by atoms with Gasteiger partial charge in [0.1, 0.15) is 0 Å². The molecule has 0 saturated heterocycles. The number of carbonyl (C=O) groups is 1. The van der Waals surface area contributed by atoms with Crippen LogP contribution in [0.4, 0.5) is 11.4 Å². The monoisotopic (exact) mass is 280 g/mol. The molecule has 3 rings (SSSR count). The van der Waals surface area contributed by atoms with Crippen LogP contribution in [0.3, 0.4) is 0 Å². The molecule has 2 unspecified atom stereocenters. The molecule has 0 radical (unpaired) electrons. The molecule has 1 aliphatic heterocycles. The Balaban J connectivity index is 1.85. The number of fused-ring (bicyclic) bond motifs is 1. The first kappa shape index (κ1) is 13.7. The van der Waals surface area contributed by atoms with Crippen LogP contribution in [0.25, 0.3) is 0 Å². The second-order valence-corrected chi connectivity index (χ2v) is 5.78. The van der Waals surface area contributed by atoms with Crippen LogP contribution in [-0.2, 0) is 4.79 Å². The van der Waals surface area contributed by atoms with E-state index in [4.69, 9.17) is 0 Å². The summed E-state index contributed by atoms with van der Waals surface area (Å²) < 4.78 is 0. The van der Waals surface area contributed by atoms with Gasteiger partial charge in [-0.25, -0.2) is 0 Å². The standard InChI is InChI=1S/C18H20N2O/c1-12-6-5-7-14(10-12)20-18(21)16-11-13(2)19-17-9-4-3-8-15(16)17/h3-10,13,16,19H,11H2,1-2H3,(H,20,21). The number of amides is 1. The van der Waals surface area contributed by atoms with Crippen LogP contribution in [0.1, 0.15) is 30.4 Å². The quantitative estimate of drug-likeness (QED) is 0.875. The van der Waals surface area contributed by atoms with Crippen molar-refractivity contribution < 1.29 is 4.79 Å². The number of para-hydroxylation sites is 1. The van der Waals surface area contributed by atoms with Gasteiger partial charge >= 0.3 is 0 Å². The minimum absolute atomic E-state index is 0.0707. The van der Waals surface area contributed by atoms with Gasteiger partial charge in [-0.15, -0.1) is 0 Å². The lowest BCUT2D eigenvalue weighted by Gasteiger charge is -2.30. The van der Waals surface area contributed by atoms with Crippen molar-refractivity contribution in [2.45, 2.75) is 32.2 Å². The van der Waals surface area contributed by atoms with Crippen LogP contribution in [0.5, 0.6) is 0 Å². The lowest BCUT2D eigenvalue weighted by Crippen LogP contribution is -2.32. The summed E-state index contributed by atoms with van der Waals surface area (Å²) in [6.45, 7) is 4.14. The summed E-state index contributed by atoms with van der Waals surface area (Å²) in [6.07, 6.45) is 0.814. The van der Waals surface area contributed by atoms with Crippen molar-refractivity contribution in [1.29, 1.82) is 0 Å². The molecule has 1 heterocycles. The second kappa shape index (κ2) is 5.60. The average Bonchev–Trinajstić information content (AvgIpc) is 2.46. The topological polar surface area (TPSA) is 41.1 Å². The fraction of sp³-hybridized carbons (Fsp3) is 0.278. The number of hydrogen-bond donors (Lipinski definition) is 2. The van der Waals surface area contributed by atoms with E-state index in [9.17, 15) is 4.79 Å². The van der Waals surface area contributed by atoms with E-state index in [1.165, 1.54) is 0 Å². The zero-order valence-electron chi connectivity index (χ0n) is 12.4. The van der Waals surface area contributed by atoms with Crippen molar-refractivity contribution in [2.24, 2.45) is 0 Å². The van der Waals surface area contributed by atoms with E-state index in [0.717, 1.165) is 28.9 Å². The van der Waals surface area contributed by atoms with Crippen LogP contribution in [0, 0.1) is 6.92 Å². The number of nitrogens with one attached hydrogen (secondary N) is 2. The van der Waals surface area contributed by atoms with Gasteiger partial charge in [0, 0.05) is 17.4 Å². The van der Waals surface area contributed by atoms with Crippen LogP contribution >= 0.6 is 0 Å². The summed E-state index contributed by atoms with van der Waals surface area (Å²) in [4.78, 5) is 12.6. The molecule has 1 aliphatic rings. The zero-order chi connectivity index (χ0) is 14.8. The first-order chi connectivity index (χ1) is 10.1. The summed E-state index contributed by atoms with van der Waals surface area (Å²) in [7, 11) is 0. The van der Waals surface area contributed by atoms with Gasteiger partial charge in [0.05, 0.1) is 5.92 Å². The van der Waals surface area contributed by atoms with Crippen LogP contribution < -0.4 is 10.6 Å². The highest BCUT2D eigenvalue weighted by molar-refractivity contribution is 5.97. The van der Waals surface area contributed by atoms with Crippen LogP contribution in [-0.4, -0.2) is 11.9 Å². The SMILES string of the molecule is Cc1cccc(NC(=O)C2CC(C)Nc3ccccc32)c1. The third-order valence-corrected chi connectivity index (χ3v) is 3.93. The first-order valence-corrected chi connectivity index (χ1v) is 7.36. The third kappa shape index (κ3) is 2.92. The Kier molecular flexibility index (Phi) is 3.65. The Hall–Kier alpha value is -2.29. The highest BCUT2D eigenvalue weighted by Gasteiger charge is 2.29. The smallest absolute Gasteiger partial charge is 0.232 e. The predicted octanol–water partition coefficient (Wildman–Crippen LogP) is 3.92. The van der Waals surface area contributed by atoms with Crippen molar-refractivity contribution in [1.82, 2.24) is 0 Å². The van der Waals surface area contributed by atoms with Crippen molar-refractivity contribution in [3.8, 4) is 0 Å². The average molecular weight is 280 g/mol. The van der Waals surface area contributed by atoms with Gasteiger partial charge < -0.3 is 10.6 Å². The minimum Gasteiger partial charge on any atom is -0.382 e. The fourth-order valence-corrected chi connectivity index (χ4v) is 2.94. The molecule has 2 aromatic carbocycles. The van der Waals surface area contributed by atoms with Gasteiger partial charge in [-0.05, 0) is 49.6 Å². The van der Waals surface area contributed by atoms with Crippen molar-refractivity contribution >= 4 is 17.3 Å². The van der Waals surface area contributed by atoms with Crippen LogP contribution in [0.15, 0.2) is 48.5 Å². The summed E-state index contributed by atoms with van der Waals surface area (Å²) in [5.41, 5.74) is 4.16. The normalized spacial score (nSPS) is 20.3. The largest absolute Gasteiger partial charge is 0.382 e. The number of rotatable bonds is 2. The van der Waals surface area contributed by atoms with Gasteiger partial charge in [-0.1, -0.05) is 30.3 Å². The Morgan fingerprint density at radius 3 is 2.81 bits per heavy atom. The summed E-state index contributed by atoms with van der Waals surface area (Å²) in [6, 6.07) is 16.3. The summed E-state index contributed by atoms with van der Waals surface area (Å²) in [5, 5.41) is 6.48. The Labute approximate surface area is 125 Å². The number of anilines is 2. The number of aryl methyl sites for hydroxylation is 1. The first-order valence-electron chi connectivity index (χ1n) is 7.36. The molecule has 21 heavy (non-hydrogen) atoms. The van der Waals surface area contributed by atoms with E-state index in [-0.39, 0.29) is 11.8 Å². The van der Waals surface area contributed by atoms with Gasteiger partial charge in [-0.2, -0.15) is 0 Å². The number of benzene rings is 2. The lowest BCUT2D eigenvalue weighted by atomic mass is 9.87. The van der Waals surface area contributed by atoms with Gasteiger partial charge in [0.15, 0.2) is 0 Å². The maximum atomic E-state index is 12.6. The van der Waals surface area contributed by atoms with E-state index >= 15 is 0 Å². The Morgan fingerprint density at radius 1 is 1.19 bits per heavy atom. The fourth-order valence-electron chi connectivity index (χ4n) is 2.94. The highest BCUT2D eigenvalue weighted by Crippen LogP contribution is 2.34. The van der Waals surface area contributed by atoms with E-state index in [1.807, 2.05) is 55.5 Å². The molecule has 3 heteroatoms. The van der Waals surface area contributed by atoms with E-state index in [0.29, 0.717) is 6.04 Å². The van der Waals surface area contributed by atoms with Crippen molar-refractivity contribution in [2.75, 3.05) is 10.6 Å². The Bertz CT molecular complexity index is 666. The molecule has 0 aliphatic carbocycles. The molecule has 2 N–H and O–H groups in total. The highest BCUT2D eigenvalue weighted by atomic mass is 16.1. The number of hydrogen-bond acceptors (Lipinski definition) is 2. The zero-order valence-corrected chi connectivity index (χ0v) is 12.4. The van der Waals surface area contributed by atoms with E-state index < -0.39 is 0 Å². The maximum absolute atomic E-state index is 12.6. The Morgan fingerprint density at radius 2 is 2.00 bits per heavy atom. The van der Waals surface area contributed by atoms with Gasteiger partial charge in [0.2, 0.25) is 5.91 Å². The van der Waals surface area contributed by atoms with Crippen molar-refractivity contribution in [3.63, 3.8) is 0 Å². The molecule has 0 aromatic heterocycles. The maximum Gasteiger partial charge on any atom is 0.232 e. The number of carbonyl (C=O) groups excluding carboxylic acids is 1. The minimum atomic E-state index is -0.0991. The second-order valence-electron chi connectivity index (χ2n) is 5.78. The van der Waals surface area contributed by atoms with Crippen LogP contribution in [0.2, 0.25) is 0 Å². The molecule has 0 saturated carbocycles. The molecule has 0 fully saturated rings. The summed E-state index contributed by atoms with van der Waals surface area (Å²) in [5.74, 6) is -0.0284. The molecular formula is C18H20N2O.